The highest BCUT2D eigenvalue weighted by atomic mass is 32.1. The zero-order valence-electron chi connectivity index (χ0n) is 16.0. The molecule has 0 aliphatic heterocycles. The number of aryl methyl sites for hydroxylation is 2. The Kier molecular flexibility index (Phi) is 3.56. The first-order valence-electron chi connectivity index (χ1n) is 9.99. The minimum atomic E-state index is 1.11. The zero-order valence-corrected chi connectivity index (χ0v) is 17.6. The predicted molar refractivity (Wildman–Crippen MR) is 128 cm³/mol. The molecule has 0 nitrogen and oxygen atoms in total. The van der Waals surface area contributed by atoms with Crippen molar-refractivity contribution in [3.8, 4) is 0 Å². The Bertz CT molecular complexity index is 1410. The van der Waals surface area contributed by atoms with Crippen LogP contribution in [0.2, 0.25) is 0 Å². The molecule has 28 heavy (non-hydrogen) atoms. The van der Waals surface area contributed by atoms with Gasteiger partial charge in [-0.1, -0.05) is 50.2 Å². The van der Waals surface area contributed by atoms with Crippen LogP contribution in [0.5, 0.6) is 0 Å². The Labute approximate surface area is 172 Å². The summed E-state index contributed by atoms with van der Waals surface area (Å²) >= 11 is 3.85. The lowest BCUT2D eigenvalue weighted by Crippen LogP contribution is -1.82. The van der Waals surface area contributed by atoms with Crippen molar-refractivity contribution in [1.29, 1.82) is 0 Å². The van der Waals surface area contributed by atoms with Crippen LogP contribution in [0.25, 0.3) is 52.5 Å². The van der Waals surface area contributed by atoms with E-state index in [0.29, 0.717) is 0 Å². The molecule has 136 valence electrons. The maximum absolute atomic E-state index is 2.39. The number of thiophene rings is 2. The molecule has 0 amide bonds. The van der Waals surface area contributed by atoms with Crippen molar-refractivity contribution in [2.75, 3.05) is 0 Å². The maximum Gasteiger partial charge on any atom is 0.0352 e. The van der Waals surface area contributed by atoms with Crippen LogP contribution in [0.4, 0.5) is 0 Å². The first-order valence-corrected chi connectivity index (χ1v) is 11.6. The van der Waals surface area contributed by atoms with E-state index in [1.807, 2.05) is 22.7 Å². The molecule has 2 heterocycles. The molecule has 4 aromatic carbocycles. The molecule has 0 saturated heterocycles. The van der Waals surface area contributed by atoms with Gasteiger partial charge in [-0.05, 0) is 69.4 Å². The van der Waals surface area contributed by atoms with Crippen molar-refractivity contribution < 1.29 is 0 Å². The molecule has 2 heteroatoms. The molecule has 0 spiro atoms. The first kappa shape index (κ1) is 16.5. The van der Waals surface area contributed by atoms with Crippen molar-refractivity contribution in [2.45, 2.75) is 26.7 Å². The summed E-state index contributed by atoms with van der Waals surface area (Å²) in [5, 5.41) is 11.0. The number of rotatable bonds is 2. The Morgan fingerprint density at radius 1 is 0.464 bits per heavy atom. The van der Waals surface area contributed by atoms with Crippen LogP contribution < -0.4 is 0 Å². The minimum Gasteiger partial charge on any atom is -0.140 e. The van der Waals surface area contributed by atoms with E-state index in [1.165, 1.54) is 62.2 Å². The van der Waals surface area contributed by atoms with Crippen LogP contribution in [0.15, 0.2) is 60.7 Å². The fourth-order valence-corrected chi connectivity index (χ4v) is 6.57. The summed E-state index contributed by atoms with van der Waals surface area (Å²) < 4.78 is 2.80. The molecule has 0 radical (unpaired) electrons. The molecule has 2 aromatic heterocycles. The molecule has 0 atom stereocenters. The van der Waals surface area contributed by atoms with Crippen LogP contribution in [0.3, 0.4) is 0 Å². The quantitative estimate of drug-likeness (QED) is 0.257. The van der Waals surface area contributed by atoms with Gasteiger partial charge in [-0.2, -0.15) is 0 Å². The molecule has 0 unspecified atom stereocenters. The third-order valence-electron chi connectivity index (χ3n) is 5.99. The second kappa shape index (κ2) is 6.04. The Morgan fingerprint density at radius 3 is 1.14 bits per heavy atom. The van der Waals surface area contributed by atoms with Crippen LogP contribution in [0, 0.1) is 0 Å². The SMILES string of the molecule is CCc1cc2c(ccc3c2ccc2c4ccc5sc(CC)cc5c4ccc32)s1. The van der Waals surface area contributed by atoms with Gasteiger partial charge in [0.15, 0.2) is 0 Å². The van der Waals surface area contributed by atoms with E-state index in [2.05, 4.69) is 74.5 Å². The Balaban J connectivity index is 1.73. The van der Waals surface area contributed by atoms with Gasteiger partial charge in [0.25, 0.3) is 0 Å². The third kappa shape index (κ3) is 2.22. The monoisotopic (exact) mass is 396 g/mol. The van der Waals surface area contributed by atoms with E-state index >= 15 is 0 Å². The highest BCUT2D eigenvalue weighted by Crippen LogP contribution is 2.40. The molecule has 0 saturated carbocycles. The lowest BCUT2D eigenvalue weighted by Gasteiger charge is -2.09. The third-order valence-corrected chi connectivity index (χ3v) is 8.48. The second-order valence-electron chi connectivity index (χ2n) is 7.50. The van der Waals surface area contributed by atoms with E-state index in [4.69, 9.17) is 0 Å². The highest BCUT2D eigenvalue weighted by Gasteiger charge is 2.11. The summed E-state index contributed by atoms with van der Waals surface area (Å²) in [6, 6.07) is 23.4. The molecule has 6 aromatic rings. The minimum absolute atomic E-state index is 1.11. The van der Waals surface area contributed by atoms with Crippen LogP contribution in [-0.2, 0) is 12.8 Å². The smallest absolute Gasteiger partial charge is 0.0352 e. The van der Waals surface area contributed by atoms with Crippen LogP contribution in [0.1, 0.15) is 23.6 Å². The average molecular weight is 397 g/mol. The number of hydrogen-bond donors (Lipinski definition) is 0. The summed E-state index contributed by atoms with van der Waals surface area (Å²) in [5.74, 6) is 0. The van der Waals surface area contributed by atoms with Crippen molar-refractivity contribution >= 4 is 75.2 Å². The van der Waals surface area contributed by atoms with E-state index in [0.717, 1.165) is 12.8 Å². The van der Waals surface area contributed by atoms with Gasteiger partial charge in [-0.25, -0.2) is 0 Å². The molecule has 0 bridgehead atoms. The van der Waals surface area contributed by atoms with E-state index in [1.54, 1.807) is 0 Å². The van der Waals surface area contributed by atoms with Crippen molar-refractivity contribution in [3.05, 3.63) is 70.4 Å². The van der Waals surface area contributed by atoms with Gasteiger partial charge in [-0.3, -0.25) is 0 Å². The predicted octanol–water partition coefficient (Wildman–Crippen LogP) is 8.70. The second-order valence-corrected chi connectivity index (χ2v) is 9.84. The molecule has 0 aliphatic rings. The van der Waals surface area contributed by atoms with E-state index < -0.39 is 0 Å². The maximum atomic E-state index is 2.39. The van der Waals surface area contributed by atoms with Crippen molar-refractivity contribution in [3.63, 3.8) is 0 Å². The Morgan fingerprint density at radius 2 is 0.786 bits per heavy atom. The summed E-state index contributed by atoms with van der Waals surface area (Å²) in [5.41, 5.74) is 0. The van der Waals surface area contributed by atoms with Crippen LogP contribution >= 0.6 is 22.7 Å². The molecular weight excluding hydrogens is 376 g/mol. The van der Waals surface area contributed by atoms with Crippen molar-refractivity contribution in [1.82, 2.24) is 0 Å². The number of benzene rings is 4. The lowest BCUT2D eigenvalue weighted by atomic mass is 9.95. The summed E-state index contributed by atoms with van der Waals surface area (Å²) in [4.78, 5) is 2.93. The average Bonchev–Trinajstić information content (AvgIpc) is 3.36. The largest absolute Gasteiger partial charge is 0.140 e. The first-order chi connectivity index (χ1) is 13.8. The summed E-state index contributed by atoms with van der Waals surface area (Å²) in [6.07, 6.45) is 2.21. The van der Waals surface area contributed by atoms with Gasteiger partial charge in [0, 0.05) is 29.9 Å². The van der Waals surface area contributed by atoms with Gasteiger partial charge in [-0.15, -0.1) is 22.7 Å². The number of hydrogen-bond acceptors (Lipinski definition) is 2. The highest BCUT2D eigenvalue weighted by molar-refractivity contribution is 7.19. The van der Waals surface area contributed by atoms with Crippen molar-refractivity contribution in [2.24, 2.45) is 0 Å². The summed E-state index contributed by atoms with van der Waals surface area (Å²) in [6.45, 7) is 4.48. The topological polar surface area (TPSA) is 0 Å². The van der Waals surface area contributed by atoms with Gasteiger partial charge >= 0.3 is 0 Å². The van der Waals surface area contributed by atoms with E-state index in [-0.39, 0.29) is 0 Å². The van der Waals surface area contributed by atoms with E-state index in [9.17, 15) is 0 Å². The molecule has 6 rings (SSSR count). The molecule has 0 N–H and O–H groups in total. The standard InChI is InChI=1S/C26H20S2/c1-3-15-13-23-21-7-5-18-17(19(21)9-11-25(23)27-15)6-8-22-20(18)10-12-26-24(22)14-16(4-2)28-26/h5-14H,3-4H2,1-2H3. The molecule has 0 aliphatic carbocycles. The van der Waals surface area contributed by atoms with Gasteiger partial charge in [0.05, 0.1) is 0 Å². The fourth-order valence-electron chi connectivity index (χ4n) is 4.53. The van der Waals surface area contributed by atoms with Gasteiger partial charge < -0.3 is 0 Å². The van der Waals surface area contributed by atoms with Gasteiger partial charge in [0.2, 0.25) is 0 Å². The molecular formula is C26H20S2. The Hall–Kier alpha value is -2.42. The summed E-state index contributed by atoms with van der Waals surface area (Å²) in [7, 11) is 0. The zero-order chi connectivity index (χ0) is 18.8. The van der Waals surface area contributed by atoms with Gasteiger partial charge in [0.1, 0.15) is 0 Å². The normalized spacial score (nSPS) is 12.2. The van der Waals surface area contributed by atoms with Crippen LogP contribution in [-0.4, -0.2) is 0 Å². The fraction of sp³-hybridized carbons (Fsp3) is 0.154. The lowest BCUT2D eigenvalue weighted by molar-refractivity contribution is 1.19. The number of fused-ring (bicyclic) bond motifs is 9. The molecule has 0 fully saturated rings.